The van der Waals surface area contributed by atoms with Crippen LogP contribution >= 0.6 is 0 Å². The lowest BCUT2D eigenvalue weighted by atomic mass is 10.1. The Hall–Kier alpha value is -3.16. The molecule has 3 aromatic rings. The van der Waals surface area contributed by atoms with E-state index in [1.165, 1.54) is 17.7 Å². The highest BCUT2D eigenvalue weighted by molar-refractivity contribution is 8.06. The number of hydrogen-bond donors (Lipinski definition) is 2. The topological polar surface area (TPSA) is 76.5 Å². The molecule has 1 heterocycles. The van der Waals surface area contributed by atoms with Gasteiger partial charge in [-0.05, 0) is 35.9 Å². The third kappa shape index (κ3) is 4.69. The van der Waals surface area contributed by atoms with Gasteiger partial charge in [0.15, 0.2) is 5.04 Å². The Kier molecular flexibility index (Phi) is 6.58. The molecule has 0 aliphatic carbocycles. The van der Waals surface area contributed by atoms with Crippen LogP contribution in [0.1, 0.15) is 11.1 Å². The third-order valence-corrected chi connectivity index (χ3v) is 7.48. The Morgan fingerprint density at radius 1 is 0.906 bits per heavy atom. The molecule has 2 N–H and O–H groups in total. The van der Waals surface area contributed by atoms with Crippen molar-refractivity contribution in [3.63, 3.8) is 0 Å². The summed E-state index contributed by atoms with van der Waals surface area (Å²) in [4.78, 5) is 4.82. The number of sulfone groups is 1. The fourth-order valence-electron chi connectivity index (χ4n) is 4.00. The third-order valence-electron chi connectivity index (χ3n) is 5.83. The average molecular weight is 449 g/mol. The van der Waals surface area contributed by atoms with E-state index in [-0.39, 0.29) is 4.90 Å². The average Bonchev–Trinajstić information content (AvgIpc) is 2.85. The number of nitrogens with one attached hydrogen (secondary N) is 2. The number of piperazine rings is 1. The second kappa shape index (κ2) is 9.54. The molecule has 6 nitrogen and oxygen atoms in total. The molecule has 0 saturated carbocycles. The van der Waals surface area contributed by atoms with Gasteiger partial charge in [0.25, 0.3) is 0 Å². The van der Waals surface area contributed by atoms with Gasteiger partial charge in [0.2, 0.25) is 9.84 Å². The van der Waals surface area contributed by atoms with E-state index in [4.69, 9.17) is 5.41 Å². The van der Waals surface area contributed by atoms with Gasteiger partial charge in [-0.15, -0.1) is 0 Å². The number of anilines is 2. The largest absolute Gasteiger partial charge is 0.388 e. The van der Waals surface area contributed by atoms with Crippen LogP contribution in [-0.4, -0.2) is 51.6 Å². The summed E-state index contributed by atoms with van der Waals surface area (Å²) in [6.45, 7) is 4.49. The molecule has 0 spiro atoms. The molecule has 32 heavy (non-hydrogen) atoms. The SMILES string of the molecule is CNc1ccc(N2CCN(Cc3ccccc3)CC2)cc1C(=N)S(=O)(=O)c1ccccc1. The van der Waals surface area contributed by atoms with Crippen molar-refractivity contribution in [2.24, 2.45) is 0 Å². The van der Waals surface area contributed by atoms with Crippen molar-refractivity contribution in [1.82, 2.24) is 4.90 Å². The van der Waals surface area contributed by atoms with E-state index in [2.05, 4.69) is 39.4 Å². The predicted molar refractivity (Wildman–Crippen MR) is 130 cm³/mol. The monoisotopic (exact) mass is 448 g/mol. The predicted octanol–water partition coefficient (Wildman–Crippen LogP) is 3.85. The molecule has 0 atom stereocenters. The van der Waals surface area contributed by atoms with Crippen LogP contribution in [-0.2, 0) is 16.4 Å². The molecular weight excluding hydrogens is 420 g/mol. The lowest BCUT2D eigenvalue weighted by Gasteiger charge is -2.36. The summed E-state index contributed by atoms with van der Waals surface area (Å²) in [7, 11) is -2.16. The maximum Gasteiger partial charge on any atom is 0.223 e. The lowest BCUT2D eigenvalue weighted by Crippen LogP contribution is -2.46. The second-order valence-corrected chi connectivity index (χ2v) is 9.76. The van der Waals surface area contributed by atoms with E-state index < -0.39 is 14.9 Å². The quantitative estimate of drug-likeness (QED) is 0.443. The minimum Gasteiger partial charge on any atom is -0.388 e. The zero-order valence-electron chi connectivity index (χ0n) is 18.2. The Bertz CT molecular complexity index is 1170. The molecule has 0 amide bonds. The van der Waals surface area contributed by atoms with Crippen molar-refractivity contribution >= 4 is 26.3 Å². The van der Waals surface area contributed by atoms with Gasteiger partial charge < -0.3 is 10.2 Å². The number of nitrogens with zero attached hydrogens (tertiary/aromatic N) is 2. The Morgan fingerprint density at radius 3 is 2.16 bits per heavy atom. The van der Waals surface area contributed by atoms with Gasteiger partial charge in [-0.3, -0.25) is 10.3 Å². The Labute approximate surface area is 189 Å². The summed E-state index contributed by atoms with van der Waals surface area (Å²) in [6.07, 6.45) is 0. The molecule has 0 unspecified atom stereocenters. The normalized spacial score (nSPS) is 14.8. The smallest absolute Gasteiger partial charge is 0.223 e. The maximum absolute atomic E-state index is 13.0. The van der Waals surface area contributed by atoms with Crippen molar-refractivity contribution in [1.29, 1.82) is 5.41 Å². The first kappa shape index (κ1) is 22.0. The van der Waals surface area contributed by atoms with E-state index in [9.17, 15) is 8.42 Å². The van der Waals surface area contributed by atoms with Crippen LogP contribution in [0.4, 0.5) is 11.4 Å². The van der Waals surface area contributed by atoms with E-state index in [1.807, 2.05) is 24.3 Å². The minimum absolute atomic E-state index is 0.131. The van der Waals surface area contributed by atoms with Crippen molar-refractivity contribution < 1.29 is 8.42 Å². The van der Waals surface area contributed by atoms with Crippen LogP contribution < -0.4 is 10.2 Å². The summed E-state index contributed by atoms with van der Waals surface area (Å²) in [5, 5.41) is 11.2. The molecule has 1 aliphatic rings. The molecule has 166 valence electrons. The molecule has 7 heteroatoms. The number of rotatable bonds is 6. The van der Waals surface area contributed by atoms with Gasteiger partial charge in [-0.25, -0.2) is 8.42 Å². The van der Waals surface area contributed by atoms with Crippen molar-refractivity contribution in [3.8, 4) is 0 Å². The van der Waals surface area contributed by atoms with Crippen LogP contribution in [0, 0.1) is 5.41 Å². The summed E-state index contributed by atoms with van der Waals surface area (Å²) in [6, 6.07) is 24.3. The minimum atomic E-state index is -3.90. The van der Waals surface area contributed by atoms with Gasteiger partial charge in [-0.1, -0.05) is 48.5 Å². The molecule has 4 rings (SSSR count). The molecule has 1 aliphatic heterocycles. The lowest BCUT2D eigenvalue weighted by molar-refractivity contribution is 0.250. The molecule has 3 aromatic carbocycles. The summed E-state index contributed by atoms with van der Waals surface area (Å²) >= 11 is 0. The highest BCUT2D eigenvalue weighted by atomic mass is 32.2. The summed E-state index contributed by atoms with van der Waals surface area (Å²) in [5.74, 6) is 0. The molecule has 1 saturated heterocycles. The van der Waals surface area contributed by atoms with Crippen LogP contribution in [0.3, 0.4) is 0 Å². The van der Waals surface area contributed by atoms with Gasteiger partial charge >= 0.3 is 0 Å². The fourth-order valence-corrected chi connectivity index (χ4v) is 5.21. The molecule has 0 bridgehead atoms. The number of benzene rings is 3. The molecule has 0 aromatic heterocycles. The zero-order valence-corrected chi connectivity index (χ0v) is 19.0. The molecule has 0 radical (unpaired) electrons. The van der Waals surface area contributed by atoms with Gasteiger partial charge in [0, 0.05) is 56.7 Å². The summed E-state index contributed by atoms with van der Waals surface area (Å²) < 4.78 is 26.1. The van der Waals surface area contributed by atoms with Gasteiger partial charge in [0.05, 0.1) is 4.90 Å². The first-order valence-electron chi connectivity index (χ1n) is 10.7. The maximum atomic E-state index is 13.0. The standard InChI is InChI=1S/C25H28N4O2S/c1-27-24-13-12-21(18-23(24)25(26)32(30,31)22-10-6-3-7-11-22)29-16-14-28(15-17-29)19-20-8-4-2-5-9-20/h2-13,18,26-27H,14-17,19H2,1H3. The highest BCUT2D eigenvalue weighted by Crippen LogP contribution is 2.28. The van der Waals surface area contributed by atoms with Crippen LogP contribution in [0.15, 0.2) is 83.8 Å². The fraction of sp³-hybridized carbons (Fsp3) is 0.240. The van der Waals surface area contributed by atoms with Crippen LogP contribution in [0.5, 0.6) is 0 Å². The first-order valence-corrected chi connectivity index (χ1v) is 12.2. The van der Waals surface area contributed by atoms with Crippen LogP contribution in [0.25, 0.3) is 0 Å². The van der Waals surface area contributed by atoms with E-state index >= 15 is 0 Å². The first-order chi connectivity index (χ1) is 15.5. The Balaban J connectivity index is 1.52. The van der Waals surface area contributed by atoms with E-state index in [1.54, 1.807) is 25.2 Å². The van der Waals surface area contributed by atoms with Crippen molar-refractivity contribution in [3.05, 3.63) is 90.0 Å². The van der Waals surface area contributed by atoms with Crippen LogP contribution in [0.2, 0.25) is 0 Å². The van der Waals surface area contributed by atoms with Crippen molar-refractivity contribution in [2.75, 3.05) is 43.4 Å². The van der Waals surface area contributed by atoms with Gasteiger partial charge in [-0.2, -0.15) is 0 Å². The zero-order chi connectivity index (χ0) is 22.6. The second-order valence-electron chi connectivity index (χ2n) is 7.87. The van der Waals surface area contributed by atoms with Crippen molar-refractivity contribution in [2.45, 2.75) is 11.4 Å². The molecular formula is C25H28N4O2S. The molecule has 1 fully saturated rings. The highest BCUT2D eigenvalue weighted by Gasteiger charge is 2.26. The Morgan fingerprint density at radius 2 is 1.53 bits per heavy atom. The number of hydrogen-bond acceptors (Lipinski definition) is 6. The van der Waals surface area contributed by atoms with Gasteiger partial charge in [0.1, 0.15) is 0 Å². The van der Waals surface area contributed by atoms with E-state index in [0.717, 1.165) is 38.4 Å². The van der Waals surface area contributed by atoms with E-state index in [0.29, 0.717) is 11.3 Å². The summed E-state index contributed by atoms with van der Waals surface area (Å²) in [5.41, 5.74) is 3.26.